The van der Waals surface area contributed by atoms with Crippen LogP contribution in [0.25, 0.3) is 0 Å². The molecule has 0 aromatic carbocycles. The highest BCUT2D eigenvalue weighted by Gasteiger charge is 1.97. The predicted molar refractivity (Wildman–Crippen MR) is 46.7 cm³/mol. The highest BCUT2D eigenvalue weighted by molar-refractivity contribution is 5.45. The smallest absolute Gasteiger partial charge is 0.0337 e. The lowest BCUT2D eigenvalue weighted by atomic mass is 10.1. The quantitative estimate of drug-likeness (QED) is 0.581. The Balaban J connectivity index is 4.22. The van der Waals surface area contributed by atoms with E-state index < -0.39 is 0 Å². The first-order chi connectivity index (χ1) is 4.63. The number of hydrogen-bond donors (Lipinski definition) is 1. The molecule has 0 heterocycles. The molecule has 0 rings (SSSR count). The highest BCUT2D eigenvalue weighted by Crippen LogP contribution is 2.11. The number of nitrogens with one attached hydrogen (secondary N) is 1. The average Bonchev–Trinajstić information content (AvgIpc) is 2.00. The first-order valence-electron chi connectivity index (χ1n) is 3.01. The summed E-state index contributed by atoms with van der Waals surface area (Å²) >= 11 is 0. The third-order valence-electron chi connectivity index (χ3n) is 1.30. The van der Waals surface area contributed by atoms with Gasteiger partial charge in [-0.1, -0.05) is 32.4 Å². The number of allylic oxidation sites excluding steroid dienone is 2. The summed E-state index contributed by atoms with van der Waals surface area (Å²) in [6, 6.07) is 0. The van der Waals surface area contributed by atoms with Crippen molar-refractivity contribution in [3.8, 4) is 0 Å². The van der Waals surface area contributed by atoms with Crippen LogP contribution >= 0.6 is 0 Å². The fourth-order valence-electron chi connectivity index (χ4n) is 0.468. The van der Waals surface area contributed by atoms with Gasteiger partial charge in [-0.3, -0.25) is 0 Å². The van der Waals surface area contributed by atoms with E-state index in [9.17, 15) is 0 Å². The lowest BCUT2D eigenvalue weighted by Crippen LogP contribution is -2.06. The summed E-state index contributed by atoms with van der Waals surface area (Å²) in [5, 5.41) is 2.88. The molecule has 0 unspecified atom stereocenters. The topological polar surface area (TPSA) is 12.0 Å². The van der Waals surface area contributed by atoms with Crippen molar-refractivity contribution in [2.24, 2.45) is 0 Å². The van der Waals surface area contributed by atoms with E-state index in [0.29, 0.717) is 0 Å². The summed E-state index contributed by atoms with van der Waals surface area (Å²) in [4.78, 5) is 0. The van der Waals surface area contributed by atoms with Gasteiger partial charge in [-0.05, 0) is 11.1 Å². The molecule has 0 fully saturated rings. The van der Waals surface area contributed by atoms with Gasteiger partial charge in [0.25, 0.3) is 0 Å². The van der Waals surface area contributed by atoms with Crippen LogP contribution in [0.3, 0.4) is 0 Å². The molecule has 0 spiro atoms. The Hall–Kier alpha value is -1.24. The van der Waals surface area contributed by atoms with Gasteiger partial charge in [0.15, 0.2) is 0 Å². The van der Waals surface area contributed by atoms with Crippen molar-refractivity contribution >= 4 is 0 Å². The Bertz CT molecular complexity index is 187. The Kier molecular flexibility index (Phi) is 3.26. The summed E-state index contributed by atoms with van der Waals surface area (Å²) in [5.74, 6) is 0. The molecule has 0 aliphatic rings. The van der Waals surface area contributed by atoms with Crippen LogP contribution in [-0.4, -0.2) is 7.05 Å². The van der Waals surface area contributed by atoms with E-state index in [1.807, 2.05) is 0 Å². The van der Waals surface area contributed by atoms with Gasteiger partial charge in [0.1, 0.15) is 0 Å². The third-order valence-corrected chi connectivity index (χ3v) is 1.30. The Morgan fingerprint density at radius 1 is 1.30 bits per heavy atom. The van der Waals surface area contributed by atoms with E-state index in [4.69, 9.17) is 0 Å². The minimum atomic E-state index is 0.782. The van der Waals surface area contributed by atoms with Crippen molar-refractivity contribution in [3.63, 3.8) is 0 Å². The van der Waals surface area contributed by atoms with Crippen molar-refractivity contribution in [1.82, 2.24) is 5.32 Å². The molecule has 0 aliphatic carbocycles. The van der Waals surface area contributed by atoms with Crippen LogP contribution in [0.5, 0.6) is 0 Å². The summed E-state index contributed by atoms with van der Waals surface area (Å²) in [7, 11) is 1.80. The number of likely N-dealkylation sites (N-methyl/N-ethyl adjacent to an activating group) is 1. The minimum Gasteiger partial charge on any atom is -0.388 e. The molecule has 10 heavy (non-hydrogen) atoms. The summed E-state index contributed by atoms with van der Waals surface area (Å²) in [6.45, 7) is 14.8. The normalized spacial score (nSPS) is 8.10. The average molecular weight is 135 g/mol. The molecule has 1 heteroatoms. The van der Waals surface area contributed by atoms with Crippen molar-refractivity contribution in [2.75, 3.05) is 7.05 Å². The molecule has 54 valence electrons. The van der Waals surface area contributed by atoms with E-state index in [1.54, 1.807) is 13.1 Å². The second-order valence-corrected chi connectivity index (χ2v) is 1.94. The van der Waals surface area contributed by atoms with E-state index >= 15 is 0 Å². The van der Waals surface area contributed by atoms with Crippen LogP contribution in [0.15, 0.2) is 49.2 Å². The van der Waals surface area contributed by atoms with Gasteiger partial charge in [0, 0.05) is 12.7 Å². The molecule has 0 aliphatic heterocycles. The third kappa shape index (κ3) is 1.94. The second kappa shape index (κ2) is 3.72. The lowest BCUT2D eigenvalue weighted by molar-refractivity contribution is 1.02. The van der Waals surface area contributed by atoms with Crippen molar-refractivity contribution in [3.05, 3.63) is 49.2 Å². The maximum absolute atomic E-state index is 3.76. The van der Waals surface area contributed by atoms with Gasteiger partial charge in [-0.25, -0.2) is 0 Å². The van der Waals surface area contributed by atoms with Crippen LogP contribution in [-0.2, 0) is 0 Å². The van der Waals surface area contributed by atoms with Gasteiger partial charge in [-0.15, -0.1) is 0 Å². The molecule has 0 saturated carbocycles. The number of hydrogen-bond acceptors (Lipinski definition) is 1. The zero-order valence-corrected chi connectivity index (χ0v) is 6.41. The van der Waals surface area contributed by atoms with Crippen molar-refractivity contribution in [1.29, 1.82) is 0 Å². The molecular formula is C9H13N. The van der Waals surface area contributed by atoms with Crippen LogP contribution in [0, 0.1) is 0 Å². The fraction of sp³-hybridized carbons (Fsp3) is 0.111. The van der Waals surface area contributed by atoms with Crippen LogP contribution in [0.2, 0.25) is 0 Å². The van der Waals surface area contributed by atoms with Gasteiger partial charge in [0.05, 0.1) is 0 Å². The van der Waals surface area contributed by atoms with Gasteiger partial charge in [0.2, 0.25) is 0 Å². The maximum atomic E-state index is 3.76. The molecule has 0 radical (unpaired) electrons. The monoisotopic (exact) mass is 135 g/mol. The first kappa shape index (κ1) is 8.76. The van der Waals surface area contributed by atoms with Crippen molar-refractivity contribution in [2.45, 2.75) is 0 Å². The zero-order chi connectivity index (χ0) is 8.15. The molecule has 1 nitrogen and oxygen atoms in total. The summed E-state index contributed by atoms with van der Waals surface area (Å²) in [6.07, 6.45) is 1.66. The fourth-order valence-corrected chi connectivity index (χ4v) is 0.468. The van der Waals surface area contributed by atoms with Gasteiger partial charge < -0.3 is 5.32 Å². The SMILES string of the molecule is C=CC(=C)C(=C)C(=C)NC. The van der Waals surface area contributed by atoms with E-state index in [2.05, 4.69) is 31.6 Å². The molecular weight excluding hydrogens is 122 g/mol. The summed E-state index contributed by atoms with van der Waals surface area (Å²) < 4.78 is 0. The van der Waals surface area contributed by atoms with Gasteiger partial charge in [-0.2, -0.15) is 0 Å². The standard InChI is InChI=1S/C9H13N/c1-6-7(2)8(3)9(4)10-5/h6,10H,1-4H2,5H3. The van der Waals surface area contributed by atoms with Gasteiger partial charge >= 0.3 is 0 Å². The van der Waals surface area contributed by atoms with E-state index in [0.717, 1.165) is 16.8 Å². The van der Waals surface area contributed by atoms with Crippen LogP contribution in [0.1, 0.15) is 0 Å². The molecule has 0 aromatic heterocycles. The molecule has 0 amide bonds. The largest absolute Gasteiger partial charge is 0.388 e. The summed E-state index contributed by atoms with van der Waals surface area (Å²) in [5.41, 5.74) is 2.39. The molecule has 0 aromatic rings. The first-order valence-corrected chi connectivity index (χ1v) is 3.01. The van der Waals surface area contributed by atoms with E-state index in [1.165, 1.54) is 0 Å². The van der Waals surface area contributed by atoms with E-state index in [-0.39, 0.29) is 0 Å². The highest BCUT2D eigenvalue weighted by atomic mass is 14.8. The molecule has 0 saturated heterocycles. The van der Waals surface area contributed by atoms with Crippen molar-refractivity contribution < 1.29 is 0 Å². The van der Waals surface area contributed by atoms with Crippen LogP contribution < -0.4 is 5.32 Å². The van der Waals surface area contributed by atoms with Crippen LogP contribution in [0.4, 0.5) is 0 Å². The predicted octanol–water partition coefficient (Wildman–Crippen LogP) is 2.02. The zero-order valence-electron chi connectivity index (χ0n) is 6.41. The Labute approximate surface area is 62.5 Å². The molecule has 0 atom stereocenters. The Morgan fingerprint density at radius 2 is 1.80 bits per heavy atom. The second-order valence-electron chi connectivity index (χ2n) is 1.94. The number of rotatable bonds is 4. The molecule has 0 bridgehead atoms. The lowest BCUT2D eigenvalue weighted by Gasteiger charge is -2.07. The Morgan fingerprint density at radius 3 is 2.10 bits per heavy atom. The molecule has 1 N–H and O–H groups in total. The maximum Gasteiger partial charge on any atom is 0.0337 e. The minimum absolute atomic E-state index is 0.782.